The van der Waals surface area contributed by atoms with Gasteiger partial charge in [0.15, 0.2) is 0 Å². The van der Waals surface area contributed by atoms with Crippen molar-refractivity contribution < 1.29 is 9.53 Å². The van der Waals surface area contributed by atoms with E-state index in [2.05, 4.69) is 30.8 Å². The van der Waals surface area contributed by atoms with Crippen molar-refractivity contribution in [2.24, 2.45) is 0 Å². The first-order valence-corrected chi connectivity index (χ1v) is 11.9. The molecular formula is C25H28N8O3. The highest BCUT2D eigenvalue weighted by Gasteiger charge is 2.20. The van der Waals surface area contributed by atoms with Crippen molar-refractivity contribution in [3.05, 3.63) is 58.4 Å². The lowest BCUT2D eigenvalue weighted by Gasteiger charge is -2.23. The number of allylic oxidation sites excluding steroid dienone is 1. The fraction of sp³-hybridized carbons (Fsp3) is 0.320. The summed E-state index contributed by atoms with van der Waals surface area (Å²) in [6.45, 7) is 2.29. The first-order valence-electron chi connectivity index (χ1n) is 11.9. The van der Waals surface area contributed by atoms with Gasteiger partial charge in [-0.2, -0.15) is 5.10 Å². The Kier molecular flexibility index (Phi) is 6.63. The summed E-state index contributed by atoms with van der Waals surface area (Å²) in [5, 5.41) is 23.5. The van der Waals surface area contributed by atoms with Crippen LogP contribution in [0.15, 0.2) is 47.2 Å². The third-order valence-electron chi connectivity index (χ3n) is 6.41. The second-order valence-corrected chi connectivity index (χ2v) is 8.87. The zero-order valence-electron chi connectivity index (χ0n) is 19.9. The topological polar surface area (TPSA) is 152 Å². The third-order valence-corrected chi connectivity index (χ3v) is 6.41. The minimum atomic E-state index is -0.424. The van der Waals surface area contributed by atoms with E-state index in [9.17, 15) is 9.59 Å². The summed E-state index contributed by atoms with van der Waals surface area (Å²) >= 11 is 0. The smallest absolute Gasteiger partial charge is 0.272 e. The molecule has 1 fully saturated rings. The molecule has 2 aliphatic rings. The van der Waals surface area contributed by atoms with E-state index in [0.717, 1.165) is 36.8 Å². The molecule has 1 amide bonds. The Hall–Kier alpha value is -4.25. The van der Waals surface area contributed by atoms with Gasteiger partial charge in [0.05, 0.1) is 29.6 Å². The lowest BCUT2D eigenvalue weighted by atomic mass is 10.1. The van der Waals surface area contributed by atoms with E-state index in [1.54, 1.807) is 31.6 Å². The highest BCUT2D eigenvalue weighted by Crippen LogP contribution is 2.29. The number of H-pyrrole nitrogens is 2. The first-order chi connectivity index (χ1) is 17.5. The Balaban J connectivity index is 1.58. The number of hydrogen-bond acceptors (Lipinski definition) is 8. The number of piperidine rings is 1. The van der Waals surface area contributed by atoms with Gasteiger partial charge in [-0.05, 0) is 44.1 Å². The number of aromatic nitrogens is 4. The molecule has 0 saturated carbocycles. The molecule has 2 aliphatic heterocycles. The predicted octanol–water partition coefficient (Wildman–Crippen LogP) is 1.42. The van der Waals surface area contributed by atoms with Crippen LogP contribution in [0.2, 0.25) is 0 Å². The number of aromatic amines is 2. The van der Waals surface area contributed by atoms with Gasteiger partial charge in [0.25, 0.3) is 5.91 Å². The van der Waals surface area contributed by atoms with E-state index in [0.29, 0.717) is 28.3 Å². The SMILES string of the molecule is CN1CCOc2c[nH]c(=O)cc2-c2cc3c(n[nH]c3cn2)/C=C/C(=C/NC2CCNCC2)C(=N)C1=O. The minimum absolute atomic E-state index is 0.128. The molecule has 3 aromatic rings. The molecule has 0 spiro atoms. The highest BCUT2D eigenvalue weighted by molar-refractivity contribution is 6.44. The number of pyridine rings is 2. The lowest BCUT2D eigenvalue weighted by Crippen LogP contribution is -2.39. The maximum Gasteiger partial charge on any atom is 0.272 e. The molecule has 11 nitrogen and oxygen atoms in total. The second kappa shape index (κ2) is 10.2. The van der Waals surface area contributed by atoms with Crippen LogP contribution in [0.25, 0.3) is 28.2 Å². The van der Waals surface area contributed by atoms with Crippen molar-refractivity contribution >= 4 is 28.6 Å². The first kappa shape index (κ1) is 23.5. The maximum absolute atomic E-state index is 13.1. The summed E-state index contributed by atoms with van der Waals surface area (Å²) in [7, 11) is 1.63. The van der Waals surface area contributed by atoms with E-state index in [1.165, 1.54) is 17.2 Å². The average Bonchev–Trinajstić information content (AvgIpc) is 3.31. The molecule has 186 valence electrons. The van der Waals surface area contributed by atoms with Crippen molar-refractivity contribution in [2.75, 3.05) is 33.3 Å². The Morgan fingerprint density at radius 1 is 1.22 bits per heavy atom. The molecule has 1 saturated heterocycles. The van der Waals surface area contributed by atoms with Crippen molar-refractivity contribution in [1.82, 2.24) is 35.7 Å². The monoisotopic (exact) mass is 488 g/mol. The summed E-state index contributed by atoms with van der Waals surface area (Å²) in [6.07, 6.45) is 10.3. The number of nitrogens with one attached hydrogen (secondary N) is 5. The van der Waals surface area contributed by atoms with E-state index >= 15 is 0 Å². The van der Waals surface area contributed by atoms with E-state index < -0.39 is 5.91 Å². The van der Waals surface area contributed by atoms with Gasteiger partial charge in [-0.3, -0.25) is 25.1 Å². The normalized spacial score (nSPS) is 19.6. The molecule has 0 radical (unpaired) electrons. The number of fused-ring (bicyclic) bond motifs is 3. The fourth-order valence-electron chi connectivity index (χ4n) is 4.27. The largest absolute Gasteiger partial charge is 0.489 e. The molecule has 2 bridgehead atoms. The molecule has 0 atom stereocenters. The molecular weight excluding hydrogens is 460 g/mol. The van der Waals surface area contributed by atoms with Crippen molar-refractivity contribution in [1.29, 1.82) is 5.41 Å². The van der Waals surface area contributed by atoms with Crippen LogP contribution in [-0.2, 0) is 4.79 Å². The molecule has 5 heterocycles. The number of likely N-dealkylation sites (N-methyl/N-ethyl adjacent to an activating group) is 1. The lowest BCUT2D eigenvalue weighted by molar-refractivity contribution is -0.123. The van der Waals surface area contributed by atoms with Crippen LogP contribution < -0.4 is 20.9 Å². The number of carbonyl (C=O) groups excluding carboxylic acids is 1. The predicted molar refractivity (Wildman–Crippen MR) is 137 cm³/mol. The van der Waals surface area contributed by atoms with Gasteiger partial charge in [-0.15, -0.1) is 0 Å². The van der Waals surface area contributed by atoms with Crippen molar-refractivity contribution in [3.63, 3.8) is 0 Å². The Morgan fingerprint density at radius 3 is 2.89 bits per heavy atom. The standard InChI is InChI=1S/C25H28N8O3/c1-33-8-9-36-22-14-30-23(34)11-18(22)20-10-17-19(31-32-21(17)13-29-20)3-2-15(24(26)25(33)35)12-28-16-4-6-27-7-5-16/h2-3,10-14,16,26-28H,4-9H2,1H3,(H,30,34)(H,31,32)/b3-2+,15-12-,26-24?. The number of carbonyl (C=O) groups is 1. The van der Waals surface area contributed by atoms with Gasteiger partial charge in [-0.25, -0.2) is 0 Å². The van der Waals surface area contributed by atoms with Crippen LogP contribution in [0, 0.1) is 5.41 Å². The van der Waals surface area contributed by atoms with Gasteiger partial charge in [0, 0.05) is 48.1 Å². The van der Waals surface area contributed by atoms with Crippen LogP contribution in [0.4, 0.5) is 0 Å². The summed E-state index contributed by atoms with van der Waals surface area (Å²) in [5.41, 5.74) is 2.50. The van der Waals surface area contributed by atoms with Crippen molar-refractivity contribution in [3.8, 4) is 17.0 Å². The molecule has 11 heteroatoms. The van der Waals surface area contributed by atoms with Crippen molar-refractivity contribution in [2.45, 2.75) is 18.9 Å². The van der Waals surface area contributed by atoms with Gasteiger partial charge < -0.3 is 25.3 Å². The Labute approximate surface area is 207 Å². The Bertz CT molecular complexity index is 1410. The number of rotatable bonds is 2. The number of hydrogen-bond donors (Lipinski definition) is 5. The molecule has 0 aromatic carbocycles. The summed E-state index contributed by atoms with van der Waals surface area (Å²) in [5.74, 6) is 0.0205. The molecule has 3 aromatic heterocycles. The van der Waals surface area contributed by atoms with Gasteiger partial charge >= 0.3 is 0 Å². The molecule has 5 rings (SSSR count). The minimum Gasteiger partial charge on any atom is -0.489 e. The fourth-order valence-corrected chi connectivity index (χ4v) is 4.27. The molecule has 36 heavy (non-hydrogen) atoms. The van der Waals surface area contributed by atoms with E-state index in [-0.39, 0.29) is 30.5 Å². The van der Waals surface area contributed by atoms with E-state index in [1.807, 2.05) is 6.07 Å². The quantitative estimate of drug-likeness (QED) is 0.366. The van der Waals surface area contributed by atoms with Gasteiger partial charge in [-0.1, -0.05) is 0 Å². The highest BCUT2D eigenvalue weighted by atomic mass is 16.5. The van der Waals surface area contributed by atoms with E-state index in [4.69, 9.17) is 10.1 Å². The molecule has 5 N–H and O–H groups in total. The zero-order valence-corrected chi connectivity index (χ0v) is 19.9. The Morgan fingerprint density at radius 2 is 2.06 bits per heavy atom. The maximum atomic E-state index is 13.1. The summed E-state index contributed by atoms with van der Waals surface area (Å²) in [4.78, 5) is 33.7. The average molecular weight is 489 g/mol. The summed E-state index contributed by atoms with van der Waals surface area (Å²) in [6, 6.07) is 3.56. The van der Waals surface area contributed by atoms with Crippen LogP contribution in [0.1, 0.15) is 18.5 Å². The number of nitrogens with zero attached hydrogens (tertiary/aromatic N) is 3. The third kappa shape index (κ3) is 4.91. The molecule has 0 aliphatic carbocycles. The van der Waals surface area contributed by atoms with Crippen LogP contribution in [-0.4, -0.2) is 76.0 Å². The summed E-state index contributed by atoms with van der Waals surface area (Å²) < 4.78 is 5.93. The van der Waals surface area contributed by atoms with Crippen LogP contribution in [0.5, 0.6) is 5.75 Å². The molecule has 0 unspecified atom stereocenters. The number of amides is 1. The van der Waals surface area contributed by atoms with Crippen LogP contribution >= 0.6 is 0 Å². The van der Waals surface area contributed by atoms with Crippen LogP contribution in [0.3, 0.4) is 0 Å². The second-order valence-electron chi connectivity index (χ2n) is 8.87. The number of ether oxygens (including phenoxy) is 1. The van der Waals surface area contributed by atoms with Gasteiger partial charge in [0.1, 0.15) is 18.1 Å². The van der Waals surface area contributed by atoms with Gasteiger partial charge in [0.2, 0.25) is 5.56 Å². The zero-order chi connectivity index (χ0) is 25.1.